The van der Waals surface area contributed by atoms with E-state index in [1.807, 2.05) is 6.92 Å². The number of amides is 2. The van der Waals surface area contributed by atoms with Gasteiger partial charge in [-0.15, -0.1) is 0 Å². The Morgan fingerprint density at radius 3 is 2.52 bits per heavy atom. The number of urea groups is 1. The Balaban J connectivity index is 2.41. The lowest BCUT2D eigenvalue weighted by molar-refractivity contribution is -0.142. The molecule has 2 N–H and O–H groups in total. The molecular weight excluding hydrogens is 274 g/mol. The van der Waals surface area contributed by atoms with E-state index in [2.05, 4.69) is 15.8 Å². The molecular formula is C14H19N3O4. The number of hydrogen-bond acceptors (Lipinski definition) is 5. The number of nitroso groups, excluding NO2 is 1. The van der Waals surface area contributed by atoms with Gasteiger partial charge in [-0.1, -0.05) is 24.2 Å². The molecule has 0 spiro atoms. The van der Waals surface area contributed by atoms with Crippen LogP contribution in [0, 0.1) is 4.91 Å². The van der Waals surface area contributed by atoms with Crippen molar-refractivity contribution in [1.82, 2.24) is 5.32 Å². The molecule has 0 aliphatic carbocycles. The van der Waals surface area contributed by atoms with E-state index in [0.29, 0.717) is 12.3 Å². The SMILES string of the molecule is CCCOC(=O)CNC(=O)Nc1ccc(C(C)N=O)cc1. The van der Waals surface area contributed by atoms with E-state index in [1.54, 1.807) is 31.2 Å². The number of ether oxygens (including phenoxy) is 1. The van der Waals surface area contributed by atoms with Crippen molar-refractivity contribution in [1.29, 1.82) is 0 Å². The Labute approximate surface area is 123 Å². The first-order valence-corrected chi connectivity index (χ1v) is 6.69. The lowest BCUT2D eigenvalue weighted by atomic mass is 10.1. The number of carbonyl (C=O) groups is 2. The van der Waals surface area contributed by atoms with Crippen LogP contribution in [0.5, 0.6) is 0 Å². The number of carbonyl (C=O) groups excluding carboxylic acids is 2. The summed E-state index contributed by atoms with van der Waals surface area (Å²) < 4.78 is 4.82. The van der Waals surface area contributed by atoms with Crippen molar-refractivity contribution in [3.8, 4) is 0 Å². The zero-order chi connectivity index (χ0) is 15.7. The molecule has 0 saturated carbocycles. The zero-order valence-corrected chi connectivity index (χ0v) is 12.1. The number of hydrogen-bond donors (Lipinski definition) is 2. The molecule has 0 aliphatic rings. The van der Waals surface area contributed by atoms with Gasteiger partial charge >= 0.3 is 12.0 Å². The van der Waals surface area contributed by atoms with Gasteiger partial charge in [0.15, 0.2) is 0 Å². The summed E-state index contributed by atoms with van der Waals surface area (Å²) >= 11 is 0. The minimum absolute atomic E-state index is 0.185. The molecule has 1 aromatic carbocycles. The standard InChI is InChI=1S/C14H19N3O4/c1-3-8-21-13(18)9-15-14(19)16-12-6-4-11(5-7-12)10(2)17-20/h4-7,10H,3,8-9H2,1-2H3,(H2,15,16,19). The molecule has 1 atom stereocenters. The van der Waals surface area contributed by atoms with Crippen LogP contribution in [0.1, 0.15) is 31.9 Å². The van der Waals surface area contributed by atoms with Crippen LogP contribution in [-0.4, -0.2) is 25.2 Å². The lowest BCUT2D eigenvalue weighted by Gasteiger charge is -2.09. The molecule has 0 bridgehead atoms. The first-order chi connectivity index (χ1) is 10.1. The monoisotopic (exact) mass is 293 g/mol. The molecule has 114 valence electrons. The van der Waals surface area contributed by atoms with Crippen molar-refractivity contribution >= 4 is 17.7 Å². The molecule has 1 unspecified atom stereocenters. The summed E-state index contributed by atoms with van der Waals surface area (Å²) in [6, 6.07) is 5.80. The molecule has 7 heteroatoms. The Morgan fingerprint density at radius 2 is 1.95 bits per heavy atom. The molecule has 2 amide bonds. The number of anilines is 1. The second-order valence-electron chi connectivity index (χ2n) is 4.43. The van der Waals surface area contributed by atoms with Gasteiger partial charge in [0.2, 0.25) is 0 Å². The average molecular weight is 293 g/mol. The van der Waals surface area contributed by atoms with Gasteiger partial charge < -0.3 is 15.4 Å². The minimum atomic E-state index is -0.502. The maximum Gasteiger partial charge on any atom is 0.325 e. The topological polar surface area (TPSA) is 96.9 Å². The van der Waals surface area contributed by atoms with E-state index in [-0.39, 0.29) is 6.54 Å². The molecule has 0 heterocycles. The van der Waals surface area contributed by atoms with Gasteiger partial charge in [0, 0.05) is 5.69 Å². The first-order valence-electron chi connectivity index (χ1n) is 6.69. The van der Waals surface area contributed by atoms with Crippen LogP contribution in [-0.2, 0) is 9.53 Å². The fourth-order valence-corrected chi connectivity index (χ4v) is 1.50. The second kappa shape index (κ2) is 8.68. The maximum absolute atomic E-state index is 11.6. The highest BCUT2D eigenvalue weighted by Crippen LogP contribution is 2.18. The fourth-order valence-electron chi connectivity index (χ4n) is 1.50. The number of rotatable bonds is 7. The van der Waals surface area contributed by atoms with Gasteiger partial charge in [-0.3, -0.25) is 4.79 Å². The van der Waals surface area contributed by atoms with Gasteiger partial charge in [-0.05, 0) is 31.0 Å². The van der Waals surface area contributed by atoms with Gasteiger partial charge in [0.05, 0.1) is 6.61 Å². The summed E-state index contributed by atoms with van der Waals surface area (Å²) in [4.78, 5) is 33.2. The summed E-state index contributed by atoms with van der Waals surface area (Å²) in [5.74, 6) is -0.478. The highest BCUT2D eigenvalue weighted by atomic mass is 16.5. The molecule has 1 aromatic rings. The van der Waals surface area contributed by atoms with E-state index in [1.165, 1.54) is 0 Å². The summed E-state index contributed by atoms with van der Waals surface area (Å²) in [6.45, 7) is 3.73. The highest BCUT2D eigenvalue weighted by Gasteiger charge is 2.08. The van der Waals surface area contributed by atoms with Crippen LogP contribution in [0.15, 0.2) is 29.4 Å². The smallest absolute Gasteiger partial charge is 0.325 e. The molecule has 0 radical (unpaired) electrons. The Kier molecular flexibility index (Phi) is 6.86. The van der Waals surface area contributed by atoms with Gasteiger partial charge in [0.1, 0.15) is 12.6 Å². The molecule has 1 rings (SSSR count). The van der Waals surface area contributed by atoms with E-state index in [4.69, 9.17) is 4.74 Å². The third-order valence-electron chi connectivity index (χ3n) is 2.67. The van der Waals surface area contributed by atoms with Gasteiger partial charge in [-0.2, -0.15) is 4.91 Å². The normalized spacial score (nSPS) is 11.3. The third kappa shape index (κ3) is 6.03. The Morgan fingerprint density at radius 1 is 1.29 bits per heavy atom. The third-order valence-corrected chi connectivity index (χ3v) is 2.67. The minimum Gasteiger partial charge on any atom is -0.464 e. The van der Waals surface area contributed by atoms with E-state index in [0.717, 1.165) is 12.0 Å². The van der Waals surface area contributed by atoms with Crippen molar-refractivity contribution < 1.29 is 14.3 Å². The maximum atomic E-state index is 11.6. The molecule has 0 saturated heterocycles. The molecule has 0 aromatic heterocycles. The summed E-state index contributed by atoms with van der Waals surface area (Å²) in [5, 5.41) is 7.89. The van der Waals surface area contributed by atoms with Crippen molar-refractivity contribution in [2.75, 3.05) is 18.5 Å². The quantitative estimate of drug-likeness (QED) is 0.596. The van der Waals surface area contributed by atoms with Gasteiger partial charge in [-0.25, -0.2) is 4.79 Å². The van der Waals surface area contributed by atoms with E-state index < -0.39 is 18.0 Å². The van der Waals surface area contributed by atoms with E-state index >= 15 is 0 Å². The van der Waals surface area contributed by atoms with E-state index in [9.17, 15) is 14.5 Å². The number of esters is 1. The molecule has 0 fully saturated rings. The fraction of sp³-hybridized carbons (Fsp3) is 0.429. The first kappa shape index (κ1) is 16.6. The summed E-state index contributed by atoms with van der Waals surface area (Å²) in [5.41, 5.74) is 1.32. The second-order valence-corrected chi connectivity index (χ2v) is 4.43. The van der Waals surface area contributed by atoms with Crippen molar-refractivity contribution in [3.63, 3.8) is 0 Å². The van der Waals surface area contributed by atoms with Crippen LogP contribution in [0.25, 0.3) is 0 Å². The largest absolute Gasteiger partial charge is 0.464 e. The van der Waals surface area contributed by atoms with Crippen LogP contribution in [0.4, 0.5) is 10.5 Å². The highest BCUT2D eigenvalue weighted by molar-refractivity contribution is 5.91. The average Bonchev–Trinajstić information content (AvgIpc) is 2.50. The number of nitrogens with one attached hydrogen (secondary N) is 2. The predicted molar refractivity (Wildman–Crippen MR) is 78.9 cm³/mol. The Hall–Kier alpha value is -2.44. The molecule has 21 heavy (non-hydrogen) atoms. The van der Waals surface area contributed by atoms with Crippen molar-refractivity contribution in [2.24, 2.45) is 5.18 Å². The van der Waals surface area contributed by atoms with Crippen molar-refractivity contribution in [2.45, 2.75) is 26.3 Å². The summed E-state index contributed by atoms with van der Waals surface area (Å²) in [6.07, 6.45) is 0.734. The zero-order valence-electron chi connectivity index (χ0n) is 12.1. The number of nitrogens with zero attached hydrogens (tertiary/aromatic N) is 1. The van der Waals surface area contributed by atoms with Gasteiger partial charge in [0.25, 0.3) is 0 Å². The summed E-state index contributed by atoms with van der Waals surface area (Å²) in [7, 11) is 0. The Bertz CT molecular complexity index is 487. The lowest BCUT2D eigenvalue weighted by Crippen LogP contribution is -2.34. The van der Waals surface area contributed by atoms with Crippen LogP contribution >= 0.6 is 0 Å². The van der Waals surface area contributed by atoms with Crippen molar-refractivity contribution in [3.05, 3.63) is 34.7 Å². The molecule has 7 nitrogen and oxygen atoms in total. The molecule has 0 aliphatic heterocycles. The van der Waals surface area contributed by atoms with Crippen LogP contribution in [0.3, 0.4) is 0 Å². The number of benzene rings is 1. The predicted octanol–water partition coefficient (Wildman–Crippen LogP) is 2.59. The van der Waals surface area contributed by atoms with Crippen LogP contribution in [0.2, 0.25) is 0 Å². The van der Waals surface area contributed by atoms with Crippen LogP contribution < -0.4 is 10.6 Å².